The summed E-state index contributed by atoms with van der Waals surface area (Å²) >= 11 is 0. The molecule has 4 aliphatic carbocycles. The molecule has 1 aromatic rings. The fourth-order valence-electron chi connectivity index (χ4n) is 7.68. The third-order valence-electron chi connectivity index (χ3n) is 9.19. The SMILES string of the molecule is CC1(C(=O)N(C2C3CC4CC(C3)C(C(N)=O)C2C4)C(C)(C)c2ccccc2)CCNC1=O. The number of hydrogen-bond donors (Lipinski definition) is 2. The van der Waals surface area contributed by atoms with Crippen LogP contribution in [0.4, 0.5) is 0 Å². The van der Waals surface area contributed by atoms with Gasteiger partial charge in [0, 0.05) is 18.5 Å². The summed E-state index contributed by atoms with van der Waals surface area (Å²) in [6.07, 6.45) is 4.58. The smallest absolute Gasteiger partial charge is 0.239 e. The van der Waals surface area contributed by atoms with Crippen molar-refractivity contribution in [2.24, 2.45) is 40.7 Å². The number of carbonyl (C=O) groups excluding carboxylic acids is 3. The van der Waals surface area contributed by atoms with Crippen LogP contribution in [0.1, 0.15) is 58.4 Å². The second-order valence-corrected chi connectivity index (χ2v) is 11.3. The molecule has 5 aliphatic rings. The monoisotopic (exact) mass is 437 g/mol. The Morgan fingerprint density at radius 1 is 1.09 bits per heavy atom. The van der Waals surface area contributed by atoms with Crippen LogP contribution in [0, 0.1) is 35.0 Å². The van der Waals surface area contributed by atoms with Crippen LogP contribution in [0.3, 0.4) is 0 Å². The summed E-state index contributed by atoms with van der Waals surface area (Å²) in [6.45, 7) is 6.47. The van der Waals surface area contributed by atoms with E-state index in [4.69, 9.17) is 5.73 Å². The van der Waals surface area contributed by atoms with Crippen LogP contribution in [0.15, 0.2) is 30.3 Å². The minimum Gasteiger partial charge on any atom is -0.369 e. The first-order valence-corrected chi connectivity index (χ1v) is 12.1. The minimum atomic E-state index is -1.08. The summed E-state index contributed by atoms with van der Waals surface area (Å²) in [4.78, 5) is 41.8. The maximum atomic E-state index is 14.3. The molecule has 5 fully saturated rings. The third kappa shape index (κ3) is 3.01. The summed E-state index contributed by atoms with van der Waals surface area (Å²) in [7, 11) is 0. The van der Waals surface area contributed by atoms with Gasteiger partial charge in [-0.3, -0.25) is 14.4 Å². The van der Waals surface area contributed by atoms with E-state index in [1.807, 2.05) is 23.1 Å². The highest BCUT2D eigenvalue weighted by Gasteiger charge is 2.61. The zero-order chi connectivity index (χ0) is 22.8. The average Bonchev–Trinajstić information content (AvgIpc) is 3.09. The molecule has 6 rings (SSSR count). The Labute approximate surface area is 190 Å². The minimum absolute atomic E-state index is 0.0729. The molecule has 0 aromatic heterocycles. The van der Waals surface area contributed by atoms with E-state index in [1.54, 1.807) is 6.92 Å². The van der Waals surface area contributed by atoms with Gasteiger partial charge in [-0.2, -0.15) is 0 Å². The molecular weight excluding hydrogens is 402 g/mol. The van der Waals surface area contributed by atoms with Crippen LogP contribution in [-0.4, -0.2) is 35.2 Å². The number of benzene rings is 1. The summed E-state index contributed by atoms with van der Waals surface area (Å²) in [5.41, 5.74) is 5.28. The van der Waals surface area contributed by atoms with Gasteiger partial charge in [0.25, 0.3) is 0 Å². The highest BCUT2D eigenvalue weighted by Crippen LogP contribution is 2.59. The van der Waals surface area contributed by atoms with Crippen LogP contribution in [0.2, 0.25) is 0 Å². The largest absolute Gasteiger partial charge is 0.369 e. The van der Waals surface area contributed by atoms with Gasteiger partial charge in [0.2, 0.25) is 17.7 Å². The molecule has 3 amide bonds. The fraction of sp³-hybridized carbons (Fsp3) is 0.654. The first kappa shape index (κ1) is 21.5. The van der Waals surface area contributed by atoms with Crippen LogP contribution < -0.4 is 11.1 Å². The first-order valence-electron chi connectivity index (χ1n) is 12.1. The number of rotatable bonds is 5. The molecule has 4 bridgehead atoms. The number of nitrogens with one attached hydrogen (secondary N) is 1. The van der Waals surface area contributed by atoms with E-state index in [2.05, 4.69) is 31.3 Å². The van der Waals surface area contributed by atoms with Crippen molar-refractivity contribution < 1.29 is 14.4 Å². The lowest BCUT2D eigenvalue weighted by molar-refractivity contribution is -0.176. The zero-order valence-electron chi connectivity index (χ0n) is 19.3. The van der Waals surface area contributed by atoms with Crippen LogP contribution in [0.25, 0.3) is 0 Å². The van der Waals surface area contributed by atoms with Crippen molar-refractivity contribution in [3.63, 3.8) is 0 Å². The molecule has 1 saturated heterocycles. The van der Waals surface area contributed by atoms with E-state index in [1.165, 1.54) is 0 Å². The van der Waals surface area contributed by atoms with E-state index in [-0.39, 0.29) is 35.6 Å². The maximum Gasteiger partial charge on any atom is 0.239 e. The molecule has 0 spiro atoms. The van der Waals surface area contributed by atoms with Gasteiger partial charge in [0.15, 0.2) is 0 Å². The van der Waals surface area contributed by atoms with E-state index >= 15 is 0 Å². The van der Waals surface area contributed by atoms with E-state index in [0.717, 1.165) is 31.2 Å². The number of primary amides is 1. The molecule has 32 heavy (non-hydrogen) atoms. The Balaban J connectivity index is 1.62. The van der Waals surface area contributed by atoms with Crippen molar-refractivity contribution in [1.29, 1.82) is 0 Å². The van der Waals surface area contributed by atoms with Gasteiger partial charge in [-0.15, -0.1) is 0 Å². The highest BCUT2D eigenvalue weighted by atomic mass is 16.2. The summed E-state index contributed by atoms with van der Waals surface area (Å²) < 4.78 is 0. The highest BCUT2D eigenvalue weighted by molar-refractivity contribution is 6.06. The molecule has 172 valence electrons. The summed E-state index contributed by atoms with van der Waals surface area (Å²) in [5, 5.41) is 2.87. The summed E-state index contributed by atoms with van der Waals surface area (Å²) in [5.74, 6) is 0.690. The third-order valence-corrected chi connectivity index (χ3v) is 9.19. The van der Waals surface area contributed by atoms with E-state index in [9.17, 15) is 14.4 Å². The van der Waals surface area contributed by atoms with Gasteiger partial charge >= 0.3 is 0 Å². The Morgan fingerprint density at radius 3 is 2.41 bits per heavy atom. The molecule has 0 radical (unpaired) electrons. The molecule has 7 unspecified atom stereocenters. The van der Waals surface area contributed by atoms with E-state index < -0.39 is 11.0 Å². The number of nitrogens with two attached hydrogens (primary N) is 1. The predicted molar refractivity (Wildman–Crippen MR) is 121 cm³/mol. The Hall–Kier alpha value is -2.37. The van der Waals surface area contributed by atoms with Gasteiger partial charge in [-0.25, -0.2) is 0 Å². The van der Waals surface area contributed by atoms with Gasteiger partial charge in [-0.05, 0) is 82.1 Å². The lowest BCUT2D eigenvalue weighted by Gasteiger charge is -2.62. The van der Waals surface area contributed by atoms with Crippen LogP contribution >= 0.6 is 0 Å². The Kier molecular flexibility index (Phi) is 4.91. The quantitative estimate of drug-likeness (QED) is 0.694. The molecule has 7 atom stereocenters. The van der Waals surface area contributed by atoms with Crippen LogP contribution in [0.5, 0.6) is 0 Å². The van der Waals surface area contributed by atoms with Gasteiger partial charge in [0.05, 0.1) is 5.54 Å². The average molecular weight is 438 g/mol. The zero-order valence-corrected chi connectivity index (χ0v) is 19.3. The number of nitrogens with zero attached hydrogens (tertiary/aromatic N) is 1. The second-order valence-electron chi connectivity index (χ2n) is 11.3. The predicted octanol–water partition coefficient (Wildman–Crippen LogP) is 2.81. The summed E-state index contributed by atoms with van der Waals surface area (Å²) in [6, 6.07) is 9.99. The van der Waals surface area contributed by atoms with Crippen molar-refractivity contribution in [2.75, 3.05) is 6.54 Å². The molecule has 6 heteroatoms. The van der Waals surface area contributed by atoms with Crippen molar-refractivity contribution in [2.45, 2.75) is 64.5 Å². The van der Waals surface area contributed by atoms with Crippen molar-refractivity contribution >= 4 is 17.7 Å². The van der Waals surface area contributed by atoms with E-state index in [0.29, 0.717) is 30.7 Å². The second kappa shape index (κ2) is 7.32. The van der Waals surface area contributed by atoms with Crippen molar-refractivity contribution in [3.05, 3.63) is 35.9 Å². The number of amides is 3. The molecule has 1 heterocycles. The lowest BCUT2D eigenvalue weighted by atomic mass is 9.49. The number of hydrogen-bond acceptors (Lipinski definition) is 3. The van der Waals surface area contributed by atoms with Crippen LogP contribution in [-0.2, 0) is 19.9 Å². The first-order chi connectivity index (χ1) is 15.1. The molecule has 4 saturated carbocycles. The number of carbonyl (C=O) groups is 3. The maximum absolute atomic E-state index is 14.3. The molecule has 3 N–H and O–H groups in total. The van der Waals surface area contributed by atoms with Gasteiger partial charge in [0.1, 0.15) is 5.41 Å². The fourth-order valence-corrected chi connectivity index (χ4v) is 7.68. The molecular formula is C26H35N3O3. The lowest BCUT2D eigenvalue weighted by Crippen LogP contribution is -2.67. The Morgan fingerprint density at radius 2 is 1.78 bits per heavy atom. The standard InChI is InChI=1S/C26H35N3O3/c1-25(2,18-7-5-4-6-8-18)29(24(32)26(3)9-10-28-23(26)31)21-17-12-15-11-16(14-17)20(22(27)30)19(21)13-15/h4-8,15-17,19-21H,9-14H2,1-3H3,(H2,27,30)(H,28,31). The van der Waals surface area contributed by atoms with Crippen molar-refractivity contribution in [3.8, 4) is 0 Å². The Bertz CT molecular complexity index is 945. The molecule has 1 aromatic carbocycles. The molecule has 6 nitrogen and oxygen atoms in total. The topological polar surface area (TPSA) is 92.5 Å². The normalized spacial score (nSPS) is 37.9. The van der Waals surface area contributed by atoms with Gasteiger partial charge in [-0.1, -0.05) is 30.3 Å². The van der Waals surface area contributed by atoms with Crippen molar-refractivity contribution in [1.82, 2.24) is 10.2 Å². The van der Waals surface area contributed by atoms with Gasteiger partial charge < -0.3 is 16.0 Å². The molecule has 1 aliphatic heterocycles.